The summed E-state index contributed by atoms with van der Waals surface area (Å²) in [5.41, 5.74) is 0.797. The van der Waals surface area contributed by atoms with E-state index in [0.29, 0.717) is 24.5 Å². The topological polar surface area (TPSA) is 65.0 Å². The van der Waals surface area contributed by atoms with Gasteiger partial charge in [0.05, 0.1) is 19.8 Å². The number of hydrogen-bond donors (Lipinski definition) is 0. The van der Waals surface area contributed by atoms with Gasteiger partial charge in [-0.1, -0.05) is 13.0 Å². The highest BCUT2D eigenvalue weighted by molar-refractivity contribution is 7.61. The molecule has 0 bridgehead atoms. The van der Waals surface area contributed by atoms with Crippen LogP contribution in [0.3, 0.4) is 0 Å². The Bertz CT molecular complexity index is 517. The molecule has 1 unspecified atom stereocenters. The van der Waals surface area contributed by atoms with Gasteiger partial charge in [-0.3, -0.25) is 0 Å². The van der Waals surface area contributed by atoms with E-state index in [1.54, 1.807) is 25.3 Å². The monoisotopic (exact) mass is 271 g/mol. The van der Waals surface area contributed by atoms with Crippen molar-refractivity contribution in [1.29, 1.82) is 0 Å². The molecule has 0 amide bonds. The zero-order valence-electron chi connectivity index (χ0n) is 10.7. The summed E-state index contributed by atoms with van der Waals surface area (Å²) in [6.45, 7) is 4.27. The second kappa shape index (κ2) is 7.00. The molecule has 5 nitrogen and oxygen atoms in total. The fourth-order valence-corrected chi connectivity index (χ4v) is 2.12. The van der Waals surface area contributed by atoms with Gasteiger partial charge < -0.3 is 9.47 Å². The van der Waals surface area contributed by atoms with E-state index in [9.17, 15) is 8.42 Å². The lowest BCUT2D eigenvalue weighted by molar-refractivity contribution is 0.310. The predicted molar refractivity (Wildman–Crippen MR) is 68.5 cm³/mol. The number of ether oxygens (including phenoxy) is 2. The first-order chi connectivity index (χ1) is 8.62. The molecule has 0 aliphatic carbocycles. The molecule has 18 heavy (non-hydrogen) atoms. The Hall–Kier alpha value is -1.56. The van der Waals surface area contributed by atoms with Crippen molar-refractivity contribution in [3.63, 3.8) is 0 Å². The van der Waals surface area contributed by atoms with Crippen molar-refractivity contribution in [2.75, 3.05) is 13.7 Å². The molecular formula is C12H17NO4S. The van der Waals surface area contributed by atoms with Gasteiger partial charge >= 0.3 is 10.5 Å². The van der Waals surface area contributed by atoms with E-state index in [-0.39, 0.29) is 6.04 Å². The first-order valence-corrected chi connectivity index (χ1v) is 6.76. The average molecular weight is 271 g/mol. The van der Waals surface area contributed by atoms with Gasteiger partial charge in [-0.2, -0.15) is 12.8 Å². The van der Waals surface area contributed by atoms with Gasteiger partial charge in [0.2, 0.25) is 0 Å². The van der Waals surface area contributed by atoms with Crippen LogP contribution in [-0.2, 0) is 10.5 Å². The molecule has 0 aliphatic rings. The van der Waals surface area contributed by atoms with Gasteiger partial charge in [0.1, 0.15) is 0 Å². The van der Waals surface area contributed by atoms with Crippen LogP contribution in [0, 0.1) is 0 Å². The standard InChI is InChI=1S/C12H17NO4S/c1-4-10(13-18(14)15)9-6-7-11(16-3)12(8-9)17-5-2/h6-8,10H,4-5H2,1-3H3. The van der Waals surface area contributed by atoms with E-state index in [1.807, 2.05) is 13.8 Å². The van der Waals surface area contributed by atoms with Crippen LogP contribution in [0.25, 0.3) is 0 Å². The van der Waals surface area contributed by atoms with E-state index < -0.39 is 10.5 Å². The van der Waals surface area contributed by atoms with Crippen LogP contribution in [0.5, 0.6) is 11.5 Å². The molecule has 0 heterocycles. The molecule has 0 spiro atoms. The van der Waals surface area contributed by atoms with Crippen LogP contribution in [0.1, 0.15) is 31.9 Å². The number of methoxy groups -OCH3 is 1. The van der Waals surface area contributed by atoms with Gasteiger partial charge in [0.25, 0.3) is 0 Å². The summed E-state index contributed by atoms with van der Waals surface area (Å²) in [6.07, 6.45) is 0.603. The number of rotatable bonds is 6. The summed E-state index contributed by atoms with van der Waals surface area (Å²) >= 11 is 0. The maximum absolute atomic E-state index is 10.7. The first kappa shape index (κ1) is 14.5. The van der Waals surface area contributed by atoms with Crippen molar-refractivity contribution in [3.05, 3.63) is 23.8 Å². The second-order valence-electron chi connectivity index (χ2n) is 3.59. The summed E-state index contributed by atoms with van der Waals surface area (Å²) in [7, 11) is -0.849. The Morgan fingerprint density at radius 2 is 2.00 bits per heavy atom. The molecular weight excluding hydrogens is 254 g/mol. The van der Waals surface area contributed by atoms with Crippen molar-refractivity contribution >= 4 is 10.5 Å². The van der Waals surface area contributed by atoms with Crippen molar-refractivity contribution in [1.82, 2.24) is 0 Å². The summed E-state index contributed by atoms with van der Waals surface area (Å²) in [6, 6.07) is 4.94. The molecule has 1 rings (SSSR count). The Balaban J connectivity index is 3.16. The van der Waals surface area contributed by atoms with E-state index in [4.69, 9.17) is 9.47 Å². The van der Waals surface area contributed by atoms with Crippen LogP contribution in [0.15, 0.2) is 22.6 Å². The molecule has 0 fully saturated rings. The molecule has 1 aromatic rings. The van der Waals surface area contributed by atoms with E-state index in [2.05, 4.69) is 4.36 Å². The van der Waals surface area contributed by atoms with E-state index in [0.717, 1.165) is 5.56 Å². The van der Waals surface area contributed by atoms with Crippen molar-refractivity contribution in [2.45, 2.75) is 26.3 Å². The third-order valence-electron chi connectivity index (χ3n) is 2.47. The number of nitrogens with zero attached hydrogens (tertiary/aromatic N) is 1. The SMILES string of the molecule is CCOc1cc(C(CC)N=S(=O)=O)ccc1OC. The Morgan fingerprint density at radius 3 is 2.50 bits per heavy atom. The summed E-state index contributed by atoms with van der Waals surface area (Å²) in [4.78, 5) is 0. The van der Waals surface area contributed by atoms with Gasteiger partial charge in [-0.25, -0.2) is 0 Å². The Morgan fingerprint density at radius 1 is 1.28 bits per heavy atom. The number of benzene rings is 1. The highest BCUT2D eigenvalue weighted by Crippen LogP contribution is 2.32. The lowest BCUT2D eigenvalue weighted by Gasteiger charge is -2.13. The summed E-state index contributed by atoms with van der Waals surface area (Å²) in [5.74, 6) is 1.22. The summed E-state index contributed by atoms with van der Waals surface area (Å²) in [5, 5.41) is 0. The largest absolute Gasteiger partial charge is 0.493 e. The zero-order valence-corrected chi connectivity index (χ0v) is 11.5. The minimum atomic E-state index is -2.41. The Labute approximate surface area is 108 Å². The van der Waals surface area contributed by atoms with Crippen molar-refractivity contribution < 1.29 is 17.9 Å². The van der Waals surface area contributed by atoms with Gasteiger partial charge in [-0.15, -0.1) is 0 Å². The third kappa shape index (κ3) is 3.73. The molecule has 1 atom stereocenters. The molecule has 100 valence electrons. The zero-order chi connectivity index (χ0) is 13.5. The molecule has 6 heteroatoms. The fraction of sp³-hybridized carbons (Fsp3) is 0.500. The highest BCUT2D eigenvalue weighted by Gasteiger charge is 2.12. The maximum Gasteiger partial charge on any atom is 0.311 e. The van der Waals surface area contributed by atoms with Crippen LogP contribution in [-0.4, -0.2) is 22.1 Å². The Kier molecular flexibility index (Phi) is 5.64. The minimum absolute atomic E-state index is 0.381. The molecule has 1 aromatic carbocycles. The molecule has 0 aliphatic heterocycles. The van der Waals surface area contributed by atoms with Crippen LogP contribution < -0.4 is 9.47 Å². The maximum atomic E-state index is 10.7. The summed E-state index contributed by atoms with van der Waals surface area (Å²) < 4.78 is 35.6. The normalized spacial score (nSPS) is 11.7. The smallest absolute Gasteiger partial charge is 0.311 e. The molecule has 0 radical (unpaired) electrons. The van der Waals surface area contributed by atoms with Crippen LogP contribution in [0.4, 0.5) is 0 Å². The fourth-order valence-electron chi connectivity index (χ4n) is 1.64. The van der Waals surface area contributed by atoms with E-state index >= 15 is 0 Å². The number of hydrogen-bond acceptors (Lipinski definition) is 5. The first-order valence-electron chi connectivity index (χ1n) is 5.73. The van der Waals surface area contributed by atoms with E-state index in [1.165, 1.54) is 0 Å². The highest BCUT2D eigenvalue weighted by atomic mass is 32.2. The van der Waals surface area contributed by atoms with Crippen LogP contribution in [0.2, 0.25) is 0 Å². The van der Waals surface area contributed by atoms with Crippen molar-refractivity contribution in [2.24, 2.45) is 4.36 Å². The molecule has 0 aromatic heterocycles. The third-order valence-corrected chi connectivity index (χ3v) is 2.90. The minimum Gasteiger partial charge on any atom is -0.493 e. The van der Waals surface area contributed by atoms with Crippen LogP contribution >= 0.6 is 0 Å². The van der Waals surface area contributed by atoms with Gasteiger partial charge in [0, 0.05) is 0 Å². The molecule has 0 N–H and O–H groups in total. The van der Waals surface area contributed by atoms with Gasteiger partial charge in [0.15, 0.2) is 11.5 Å². The predicted octanol–water partition coefficient (Wildman–Crippen LogP) is 2.61. The average Bonchev–Trinajstić information content (AvgIpc) is 2.36. The quantitative estimate of drug-likeness (QED) is 0.797. The lowest BCUT2D eigenvalue weighted by atomic mass is 10.1. The molecule has 0 saturated heterocycles. The molecule has 0 saturated carbocycles. The second-order valence-corrected chi connectivity index (χ2v) is 4.23. The van der Waals surface area contributed by atoms with Gasteiger partial charge in [-0.05, 0) is 31.0 Å². The lowest BCUT2D eigenvalue weighted by Crippen LogP contribution is -1.99. The van der Waals surface area contributed by atoms with Crippen molar-refractivity contribution in [3.8, 4) is 11.5 Å².